The third-order valence-corrected chi connectivity index (χ3v) is 14.5. The maximum absolute atomic E-state index is 13.5. The minimum Gasteiger partial charge on any atom is -0.518 e. The molecule has 0 aliphatic heterocycles. The Balaban J connectivity index is 5.86. The van der Waals surface area contributed by atoms with E-state index >= 15 is 0 Å². The van der Waals surface area contributed by atoms with Crippen LogP contribution in [0.15, 0.2) is 0 Å². The molecule has 0 aliphatic carbocycles. The molecule has 4 nitrogen and oxygen atoms in total. The zero-order valence-corrected chi connectivity index (χ0v) is 20.7. The van der Waals surface area contributed by atoms with E-state index in [-0.39, 0.29) is 5.97 Å². The molecule has 26 heavy (non-hydrogen) atoms. The van der Waals surface area contributed by atoms with Crippen LogP contribution in [0.1, 0.15) is 88.0 Å². The molecule has 0 rings (SSSR count). The lowest BCUT2D eigenvalue weighted by molar-refractivity contribution is -0.140. The molecule has 0 aromatic rings. The summed E-state index contributed by atoms with van der Waals surface area (Å²) in [4.78, 5) is 13.5. The average Bonchev–Trinajstić information content (AvgIpc) is 2.65. The summed E-state index contributed by atoms with van der Waals surface area (Å²) in [5.41, 5.74) is 0.912. The molecule has 0 bridgehead atoms. The molecule has 0 saturated carbocycles. The molecule has 0 heterocycles. The summed E-state index contributed by atoms with van der Waals surface area (Å²) in [7, 11) is -3.96. The fourth-order valence-electron chi connectivity index (χ4n) is 3.59. The second-order valence-corrected chi connectivity index (χ2v) is 14.4. The van der Waals surface area contributed by atoms with Crippen molar-refractivity contribution in [2.45, 2.75) is 110 Å². The molecular formula is C20H43O4Si2. The summed E-state index contributed by atoms with van der Waals surface area (Å²) in [6.45, 7) is 20.3. The van der Waals surface area contributed by atoms with Crippen molar-refractivity contribution in [3.63, 3.8) is 0 Å². The van der Waals surface area contributed by atoms with Gasteiger partial charge in [-0.2, -0.15) is 0 Å². The van der Waals surface area contributed by atoms with Gasteiger partial charge in [0, 0.05) is 13.2 Å². The van der Waals surface area contributed by atoms with Crippen molar-refractivity contribution in [2.24, 2.45) is 0 Å². The largest absolute Gasteiger partial charge is 0.518 e. The van der Waals surface area contributed by atoms with Crippen molar-refractivity contribution in [1.29, 1.82) is 0 Å². The van der Waals surface area contributed by atoms with E-state index in [1.54, 1.807) is 0 Å². The van der Waals surface area contributed by atoms with Gasteiger partial charge in [0.25, 0.3) is 14.3 Å². The molecule has 0 spiro atoms. The van der Waals surface area contributed by atoms with Crippen LogP contribution >= 0.6 is 0 Å². The normalized spacial score (nSPS) is 18.8. The first kappa shape index (κ1) is 25.8. The molecule has 3 atom stereocenters. The standard InChI is InChI=1S/C20H43O4Si2/c1-10-16-26(17(7)11-2,18(8)12-3)24-19(21)20(9,13-4)25(22-14-5)23-15-6/h17-18H,10-16H2,1-9H3. The summed E-state index contributed by atoms with van der Waals surface area (Å²) >= 11 is 0. The van der Waals surface area contributed by atoms with Crippen LogP contribution in [0, 0.1) is 0 Å². The maximum atomic E-state index is 13.5. The molecule has 0 amide bonds. The predicted molar refractivity (Wildman–Crippen MR) is 114 cm³/mol. The zero-order valence-electron chi connectivity index (χ0n) is 18.7. The van der Waals surface area contributed by atoms with E-state index in [1.807, 2.05) is 27.7 Å². The van der Waals surface area contributed by atoms with E-state index in [9.17, 15) is 4.79 Å². The quantitative estimate of drug-likeness (QED) is 0.323. The van der Waals surface area contributed by atoms with E-state index in [1.165, 1.54) is 0 Å². The molecule has 6 heteroatoms. The molecule has 0 aromatic heterocycles. The van der Waals surface area contributed by atoms with Crippen molar-refractivity contribution in [3.8, 4) is 0 Å². The summed E-state index contributed by atoms with van der Waals surface area (Å²) in [5.74, 6) is -0.0866. The summed E-state index contributed by atoms with van der Waals surface area (Å²) in [5, 5.41) is -0.677. The first-order valence-electron chi connectivity index (χ1n) is 10.6. The van der Waals surface area contributed by atoms with E-state index < -0.39 is 22.6 Å². The van der Waals surface area contributed by atoms with Crippen LogP contribution in [0.2, 0.25) is 22.2 Å². The Bertz CT molecular complexity index is 389. The number of carbonyl (C=O) groups excluding carboxylic acids is 1. The number of hydrogen-bond acceptors (Lipinski definition) is 4. The third kappa shape index (κ3) is 5.91. The van der Waals surface area contributed by atoms with Gasteiger partial charge in [-0.1, -0.05) is 60.8 Å². The van der Waals surface area contributed by atoms with Gasteiger partial charge in [-0.25, -0.2) is 0 Å². The lowest BCUT2D eigenvalue weighted by Gasteiger charge is -2.43. The van der Waals surface area contributed by atoms with Crippen LogP contribution in [-0.4, -0.2) is 36.8 Å². The molecule has 0 aliphatic rings. The number of hydrogen-bond donors (Lipinski definition) is 0. The molecule has 0 fully saturated rings. The van der Waals surface area contributed by atoms with Crippen molar-refractivity contribution in [3.05, 3.63) is 0 Å². The minimum absolute atomic E-state index is 0.0866. The van der Waals surface area contributed by atoms with Crippen LogP contribution in [0.4, 0.5) is 0 Å². The van der Waals surface area contributed by atoms with Gasteiger partial charge in [-0.3, -0.25) is 4.79 Å². The highest BCUT2D eigenvalue weighted by molar-refractivity contribution is 6.78. The minimum atomic E-state index is -2.23. The van der Waals surface area contributed by atoms with Gasteiger partial charge < -0.3 is 13.3 Å². The first-order valence-corrected chi connectivity index (χ1v) is 14.2. The topological polar surface area (TPSA) is 44.8 Å². The van der Waals surface area contributed by atoms with Gasteiger partial charge in [0.1, 0.15) is 5.04 Å². The highest BCUT2D eigenvalue weighted by Gasteiger charge is 2.53. The monoisotopic (exact) mass is 403 g/mol. The summed E-state index contributed by atoms with van der Waals surface area (Å²) in [6.07, 6.45) is 3.85. The molecule has 0 saturated heterocycles. The van der Waals surface area contributed by atoms with Crippen LogP contribution < -0.4 is 0 Å². The highest BCUT2D eigenvalue weighted by atomic mass is 28.4. The van der Waals surface area contributed by atoms with Gasteiger partial charge in [-0.05, 0) is 44.3 Å². The van der Waals surface area contributed by atoms with Gasteiger partial charge in [0.05, 0.1) is 0 Å². The average molecular weight is 404 g/mol. The van der Waals surface area contributed by atoms with E-state index in [0.717, 1.165) is 25.3 Å². The number of carbonyl (C=O) groups is 1. The summed E-state index contributed by atoms with van der Waals surface area (Å²) < 4.78 is 18.4. The van der Waals surface area contributed by atoms with Crippen LogP contribution in [0.5, 0.6) is 0 Å². The Labute approximate surface area is 165 Å². The molecule has 0 N–H and O–H groups in total. The van der Waals surface area contributed by atoms with Gasteiger partial charge in [0.15, 0.2) is 0 Å². The fourth-order valence-corrected chi connectivity index (χ4v) is 10.6. The highest BCUT2D eigenvalue weighted by Crippen LogP contribution is 2.45. The second-order valence-electron chi connectivity index (χ2n) is 7.55. The molecule has 155 valence electrons. The van der Waals surface area contributed by atoms with Crippen molar-refractivity contribution in [2.75, 3.05) is 13.2 Å². The van der Waals surface area contributed by atoms with E-state index in [0.29, 0.717) is 30.7 Å². The Kier molecular flexibility index (Phi) is 12.2. The fraction of sp³-hybridized carbons (Fsp3) is 0.950. The van der Waals surface area contributed by atoms with Gasteiger partial charge >= 0.3 is 9.28 Å². The molecule has 1 radical (unpaired) electrons. The molecule has 3 unspecified atom stereocenters. The van der Waals surface area contributed by atoms with Crippen molar-refractivity contribution in [1.82, 2.24) is 0 Å². The Hall–Kier alpha value is -0.176. The van der Waals surface area contributed by atoms with Crippen molar-refractivity contribution < 1.29 is 18.1 Å². The maximum Gasteiger partial charge on any atom is 0.402 e. The van der Waals surface area contributed by atoms with Crippen LogP contribution in [0.3, 0.4) is 0 Å². The molecular weight excluding hydrogens is 360 g/mol. The van der Waals surface area contributed by atoms with Crippen molar-refractivity contribution >= 4 is 23.6 Å². The summed E-state index contributed by atoms with van der Waals surface area (Å²) in [6, 6.07) is 1.04. The zero-order chi connectivity index (χ0) is 20.4. The SMILES string of the molecule is CCC[Si](OC(=O)C(C)(CC)[Si](OCC)OCC)(C(C)CC)C(C)CC. The number of rotatable bonds is 14. The Morgan fingerprint density at radius 2 is 1.42 bits per heavy atom. The lowest BCUT2D eigenvalue weighted by atomic mass is 10.1. The lowest BCUT2D eigenvalue weighted by Crippen LogP contribution is -2.52. The smallest absolute Gasteiger partial charge is 0.402 e. The third-order valence-electron chi connectivity index (χ3n) is 5.98. The second kappa shape index (κ2) is 12.3. The van der Waals surface area contributed by atoms with Crippen LogP contribution in [0.25, 0.3) is 0 Å². The predicted octanol–water partition coefficient (Wildman–Crippen LogP) is 6.22. The van der Waals surface area contributed by atoms with Crippen LogP contribution in [-0.2, 0) is 18.1 Å². The first-order chi connectivity index (χ1) is 12.2. The van der Waals surface area contributed by atoms with E-state index in [4.69, 9.17) is 13.3 Å². The molecule has 0 aromatic carbocycles. The Morgan fingerprint density at radius 1 is 0.962 bits per heavy atom. The van der Waals surface area contributed by atoms with Gasteiger partial charge in [-0.15, -0.1) is 0 Å². The van der Waals surface area contributed by atoms with E-state index in [2.05, 4.69) is 34.6 Å². The Morgan fingerprint density at radius 3 is 1.73 bits per heavy atom. The van der Waals surface area contributed by atoms with Gasteiger partial charge in [0.2, 0.25) is 0 Å².